The molecule has 3 heterocycles. The lowest BCUT2D eigenvalue weighted by molar-refractivity contribution is -0.125. The Labute approximate surface area is 148 Å². The first-order chi connectivity index (χ1) is 12.0. The molecule has 1 atom stereocenters. The van der Waals surface area contributed by atoms with E-state index in [0.29, 0.717) is 25.7 Å². The Bertz CT molecular complexity index is 593. The number of nitrogens with one attached hydrogen (secondary N) is 2. The van der Waals surface area contributed by atoms with E-state index in [1.165, 1.54) is 6.26 Å². The minimum atomic E-state index is -0.599. The lowest BCUT2D eigenvalue weighted by Crippen LogP contribution is -2.57. The van der Waals surface area contributed by atoms with Crippen LogP contribution in [0.4, 0.5) is 0 Å². The van der Waals surface area contributed by atoms with Gasteiger partial charge in [0.1, 0.15) is 6.04 Å². The van der Waals surface area contributed by atoms with Crippen molar-refractivity contribution in [1.82, 2.24) is 15.5 Å². The molecule has 1 spiro atoms. The Morgan fingerprint density at radius 2 is 2.20 bits per heavy atom. The van der Waals surface area contributed by atoms with Crippen LogP contribution < -0.4 is 10.6 Å². The molecule has 2 amide bonds. The van der Waals surface area contributed by atoms with Gasteiger partial charge in [-0.05, 0) is 30.9 Å². The van der Waals surface area contributed by atoms with E-state index >= 15 is 0 Å². The third-order valence-electron chi connectivity index (χ3n) is 4.80. The average Bonchev–Trinajstić information content (AvgIpc) is 3.05. The number of rotatable bonds is 4. The molecule has 7 nitrogen and oxygen atoms in total. The van der Waals surface area contributed by atoms with Crippen LogP contribution >= 0.6 is 0 Å². The van der Waals surface area contributed by atoms with Crippen molar-refractivity contribution in [2.45, 2.75) is 38.3 Å². The van der Waals surface area contributed by atoms with E-state index in [0.717, 1.165) is 25.9 Å². The summed E-state index contributed by atoms with van der Waals surface area (Å²) in [5.41, 5.74) is -0.269. The van der Waals surface area contributed by atoms with Crippen molar-refractivity contribution in [3.8, 4) is 0 Å². The average molecular weight is 349 g/mol. The second kappa shape index (κ2) is 7.58. The zero-order chi connectivity index (χ0) is 17.9. The molecule has 0 bridgehead atoms. The van der Waals surface area contributed by atoms with E-state index in [-0.39, 0.29) is 23.1 Å². The highest BCUT2D eigenvalue weighted by molar-refractivity contribution is 5.95. The number of hydrogen-bond donors (Lipinski definition) is 2. The first-order valence-electron chi connectivity index (χ1n) is 8.94. The van der Waals surface area contributed by atoms with E-state index in [1.807, 2.05) is 0 Å². The number of hydrogen-bond acceptors (Lipinski definition) is 5. The topological polar surface area (TPSA) is 83.8 Å². The summed E-state index contributed by atoms with van der Waals surface area (Å²) in [6.07, 6.45) is 3.04. The van der Waals surface area contributed by atoms with Gasteiger partial charge in [0.25, 0.3) is 5.91 Å². The predicted molar refractivity (Wildman–Crippen MR) is 92.2 cm³/mol. The van der Waals surface area contributed by atoms with Crippen molar-refractivity contribution in [2.24, 2.45) is 5.92 Å². The van der Waals surface area contributed by atoms with Crippen LogP contribution in [-0.4, -0.2) is 61.1 Å². The molecule has 2 aliphatic rings. The summed E-state index contributed by atoms with van der Waals surface area (Å²) in [6, 6.07) is 2.65. The van der Waals surface area contributed by atoms with Gasteiger partial charge in [-0.15, -0.1) is 0 Å². The fourth-order valence-corrected chi connectivity index (χ4v) is 3.67. The van der Waals surface area contributed by atoms with Gasteiger partial charge in [0.05, 0.1) is 11.8 Å². The van der Waals surface area contributed by atoms with Crippen molar-refractivity contribution in [3.05, 3.63) is 24.2 Å². The molecule has 3 rings (SSSR count). The molecule has 0 saturated carbocycles. The highest BCUT2D eigenvalue weighted by Crippen LogP contribution is 2.25. The summed E-state index contributed by atoms with van der Waals surface area (Å²) in [5.74, 6) is 0.199. The summed E-state index contributed by atoms with van der Waals surface area (Å²) in [7, 11) is 0. The van der Waals surface area contributed by atoms with Gasteiger partial charge in [-0.25, -0.2) is 0 Å². The summed E-state index contributed by atoms with van der Waals surface area (Å²) in [6.45, 7) is 7.79. The molecule has 2 saturated heterocycles. The van der Waals surface area contributed by atoms with Gasteiger partial charge < -0.3 is 19.8 Å². The van der Waals surface area contributed by atoms with Crippen LogP contribution in [0.2, 0.25) is 0 Å². The third kappa shape index (κ3) is 4.41. The standard InChI is InChI=1S/C18H27N3O4/c1-13(2)10-21-11-14(19-17(23)15-4-3-7-25-15)16(22)20-18(12-21)5-8-24-9-6-18/h3-4,7,13-14H,5-6,8-12H2,1-2H3,(H,19,23)(H,20,22). The number of ether oxygens (including phenoxy) is 1. The smallest absolute Gasteiger partial charge is 0.287 e. The predicted octanol–water partition coefficient (Wildman–Crippen LogP) is 1.02. The van der Waals surface area contributed by atoms with Crippen LogP contribution in [-0.2, 0) is 9.53 Å². The van der Waals surface area contributed by atoms with Crippen molar-refractivity contribution < 1.29 is 18.7 Å². The molecule has 0 radical (unpaired) electrons. The Balaban J connectivity index is 1.76. The van der Waals surface area contributed by atoms with Crippen molar-refractivity contribution >= 4 is 11.8 Å². The van der Waals surface area contributed by atoms with E-state index in [2.05, 4.69) is 29.4 Å². The number of amides is 2. The number of furan rings is 1. The lowest BCUT2D eigenvalue weighted by atomic mass is 9.89. The minimum Gasteiger partial charge on any atom is -0.459 e. The first-order valence-corrected chi connectivity index (χ1v) is 8.94. The maximum Gasteiger partial charge on any atom is 0.287 e. The second-order valence-electron chi connectivity index (χ2n) is 7.47. The summed E-state index contributed by atoms with van der Waals surface area (Å²) >= 11 is 0. The first kappa shape index (κ1) is 17.9. The third-order valence-corrected chi connectivity index (χ3v) is 4.80. The fraction of sp³-hybridized carbons (Fsp3) is 0.667. The zero-order valence-electron chi connectivity index (χ0n) is 14.9. The molecule has 0 aliphatic carbocycles. The Hall–Kier alpha value is -1.86. The molecule has 1 aromatic rings. The molecule has 2 aliphatic heterocycles. The van der Waals surface area contributed by atoms with Crippen LogP contribution in [0.1, 0.15) is 37.2 Å². The highest BCUT2D eigenvalue weighted by Gasteiger charge is 2.41. The molecule has 0 aromatic carbocycles. The quantitative estimate of drug-likeness (QED) is 0.848. The molecule has 25 heavy (non-hydrogen) atoms. The lowest BCUT2D eigenvalue weighted by Gasteiger charge is -2.39. The van der Waals surface area contributed by atoms with E-state index in [1.54, 1.807) is 12.1 Å². The Morgan fingerprint density at radius 1 is 1.44 bits per heavy atom. The molecule has 2 fully saturated rings. The zero-order valence-corrected chi connectivity index (χ0v) is 14.9. The van der Waals surface area contributed by atoms with Crippen LogP contribution in [0.3, 0.4) is 0 Å². The molecule has 2 N–H and O–H groups in total. The summed E-state index contributed by atoms with van der Waals surface area (Å²) in [4.78, 5) is 27.4. The summed E-state index contributed by atoms with van der Waals surface area (Å²) in [5, 5.41) is 6.01. The van der Waals surface area contributed by atoms with Gasteiger partial charge in [-0.1, -0.05) is 13.8 Å². The van der Waals surface area contributed by atoms with E-state index in [4.69, 9.17) is 9.15 Å². The van der Waals surface area contributed by atoms with Gasteiger partial charge in [0, 0.05) is 32.8 Å². The molecule has 1 aromatic heterocycles. The van der Waals surface area contributed by atoms with Gasteiger partial charge in [-0.2, -0.15) is 0 Å². The van der Waals surface area contributed by atoms with Crippen LogP contribution in [0.15, 0.2) is 22.8 Å². The Kier molecular flexibility index (Phi) is 5.44. The van der Waals surface area contributed by atoms with Gasteiger partial charge in [-0.3, -0.25) is 14.5 Å². The molecule has 138 valence electrons. The number of carbonyl (C=O) groups is 2. The van der Waals surface area contributed by atoms with Gasteiger partial charge >= 0.3 is 0 Å². The monoisotopic (exact) mass is 349 g/mol. The number of carbonyl (C=O) groups excluding carboxylic acids is 2. The van der Waals surface area contributed by atoms with Crippen molar-refractivity contribution in [1.29, 1.82) is 0 Å². The van der Waals surface area contributed by atoms with Crippen molar-refractivity contribution in [2.75, 3.05) is 32.8 Å². The fourth-order valence-electron chi connectivity index (χ4n) is 3.67. The summed E-state index contributed by atoms with van der Waals surface area (Å²) < 4.78 is 10.6. The molecule has 7 heteroatoms. The Morgan fingerprint density at radius 3 is 2.84 bits per heavy atom. The van der Waals surface area contributed by atoms with Crippen LogP contribution in [0.5, 0.6) is 0 Å². The maximum absolute atomic E-state index is 12.8. The normalized spacial score (nSPS) is 24.1. The second-order valence-corrected chi connectivity index (χ2v) is 7.47. The number of nitrogens with zero attached hydrogens (tertiary/aromatic N) is 1. The van der Waals surface area contributed by atoms with Crippen LogP contribution in [0, 0.1) is 5.92 Å². The molecular weight excluding hydrogens is 322 g/mol. The minimum absolute atomic E-state index is 0.131. The molecule has 1 unspecified atom stereocenters. The maximum atomic E-state index is 12.8. The SMILES string of the molecule is CC(C)CN1CC(NC(=O)c2ccco2)C(=O)NC2(CCOCC2)C1. The van der Waals surface area contributed by atoms with Gasteiger partial charge in [0.2, 0.25) is 5.91 Å². The largest absolute Gasteiger partial charge is 0.459 e. The van der Waals surface area contributed by atoms with E-state index in [9.17, 15) is 9.59 Å². The van der Waals surface area contributed by atoms with Crippen LogP contribution in [0.25, 0.3) is 0 Å². The van der Waals surface area contributed by atoms with Crippen molar-refractivity contribution in [3.63, 3.8) is 0 Å². The van der Waals surface area contributed by atoms with Gasteiger partial charge in [0.15, 0.2) is 5.76 Å². The highest BCUT2D eigenvalue weighted by atomic mass is 16.5. The molecular formula is C18H27N3O4. The van der Waals surface area contributed by atoms with E-state index < -0.39 is 6.04 Å².